The molecule has 0 heterocycles. The Hall–Kier alpha value is -2.38. The third kappa shape index (κ3) is 7.86. The molecule has 3 rings (SSSR count). The first-order valence-electron chi connectivity index (χ1n) is 10.6. The van der Waals surface area contributed by atoms with E-state index in [2.05, 4.69) is 4.72 Å². The molecular weight excluding hydrogens is 481 g/mol. The summed E-state index contributed by atoms with van der Waals surface area (Å²) >= 11 is 11.9. The number of benzene rings is 3. The topological polar surface area (TPSA) is 83.5 Å². The Balaban J connectivity index is 1.79. The zero-order chi connectivity index (χ0) is 23.8. The number of hydrogen-bond donors (Lipinski definition) is 2. The Morgan fingerprint density at radius 3 is 1.91 bits per heavy atom. The zero-order valence-corrected chi connectivity index (χ0v) is 20.2. The number of nitrogens with one attached hydrogen (secondary N) is 1. The van der Waals surface area contributed by atoms with Crippen molar-refractivity contribution in [1.29, 1.82) is 0 Å². The fourth-order valence-corrected chi connectivity index (χ4v) is 5.00. The predicted octanol–water partition coefficient (Wildman–Crippen LogP) is 6.05. The summed E-state index contributed by atoms with van der Waals surface area (Å²) in [6, 6.07) is 20.7. The fourth-order valence-electron chi connectivity index (χ4n) is 3.49. The number of sulfonamides is 1. The van der Waals surface area contributed by atoms with Crippen LogP contribution < -0.4 is 4.72 Å². The molecule has 0 amide bonds. The molecule has 1 unspecified atom stereocenters. The van der Waals surface area contributed by atoms with Gasteiger partial charge in [-0.3, -0.25) is 4.79 Å². The summed E-state index contributed by atoms with van der Waals surface area (Å²) < 4.78 is 28.9. The maximum atomic E-state index is 13.0. The second-order valence-corrected chi connectivity index (χ2v) is 10.4. The molecule has 0 aliphatic heterocycles. The molecule has 0 radical (unpaired) electrons. The first-order chi connectivity index (χ1) is 15.7. The van der Waals surface area contributed by atoms with E-state index in [1.54, 1.807) is 12.1 Å². The van der Waals surface area contributed by atoms with E-state index < -0.39 is 22.0 Å². The highest BCUT2D eigenvalue weighted by Gasteiger charge is 2.21. The van der Waals surface area contributed by atoms with E-state index in [9.17, 15) is 13.2 Å². The van der Waals surface area contributed by atoms with Crippen molar-refractivity contribution in [3.63, 3.8) is 0 Å². The molecule has 0 fully saturated rings. The number of hydrogen-bond acceptors (Lipinski definition) is 3. The number of carboxylic acid groups (broad SMARTS) is 1. The zero-order valence-electron chi connectivity index (χ0n) is 17.9. The van der Waals surface area contributed by atoms with Crippen LogP contribution >= 0.6 is 23.2 Å². The lowest BCUT2D eigenvalue weighted by Crippen LogP contribution is -2.29. The maximum absolute atomic E-state index is 13.0. The molecule has 0 aliphatic rings. The number of aliphatic carboxylic acids is 1. The van der Waals surface area contributed by atoms with Gasteiger partial charge in [-0.05, 0) is 78.8 Å². The van der Waals surface area contributed by atoms with Crippen LogP contribution in [0.15, 0.2) is 77.7 Å². The van der Waals surface area contributed by atoms with Crippen LogP contribution in [0.25, 0.3) is 0 Å². The SMILES string of the molecule is O=C(O)CCCc1ccc(C(CCc2ccc(Cl)cc2)NS(=O)(=O)c2ccc(Cl)cc2)cc1. The monoisotopic (exact) mass is 505 g/mol. The van der Waals surface area contributed by atoms with E-state index in [-0.39, 0.29) is 11.3 Å². The third-order valence-corrected chi connectivity index (χ3v) is 7.29. The van der Waals surface area contributed by atoms with Crippen molar-refractivity contribution in [2.24, 2.45) is 0 Å². The van der Waals surface area contributed by atoms with Crippen LogP contribution in [0.1, 0.15) is 42.0 Å². The van der Waals surface area contributed by atoms with Crippen LogP contribution in [0.2, 0.25) is 10.0 Å². The van der Waals surface area contributed by atoms with Gasteiger partial charge in [0.1, 0.15) is 0 Å². The highest BCUT2D eigenvalue weighted by molar-refractivity contribution is 7.89. The molecule has 8 heteroatoms. The molecule has 2 N–H and O–H groups in total. The van der Waals surface area contributed by atoms with Crippen LogP contribution in [0, 0.1) is 0 Å². The van der Waals surface area contributed by atoms with E-state index in [0.717, 1.165) is 16.7 Å². The van der Waals surface area contributed by atoms with Crippen molar-refractivity contribution in [3.8, 4) is 0 Å². The number of halogens is 2. The van der Waals surface area contributed by atoms with Crippen molar-refractivity contribution in [1.82, 2.24) is 4.72 Å². The molecule has 33 heavy (non-hydrogen) atoms. The van der Waals surface area contributed by atoms with Gasteiger partial charge in [-0.2, -0.15) is 0 Å². The van der Waals surface area contributed by atoms with E-state index in [1.807, 2.05) is 48.5 Å². The summed E-state index contributed by atoms with van der Waals surface area (Å²) in [5, 5.41) is 9.93. The second kappa shape index (κ2) is 11.7. The highest BCUT2D eigenvalue weighted by atomic mass is 35.5. The molecule has 174 valence electrons. The number of carboxylic acids is 1. The first-order valence-corrected chi connectivity index (χ1v) is 12.8. The molecule has 0 saturated carbocycles. The van der Waals surface area contributed by atoms with E-state index in [4.69, 9.17) is 28.3 Å². The predicted molar refractivity (Wildman–Crippen MR) is 131 cm³/mol. The van der Waals surface area contributed by atoms with Gasteiger partial charge < -0.3 is 5.11 Å². The number of rotatable bonds is 11. The van der Waals surface area contributed by atoms with Crippen molar-refractivity contribution in [2.75, 3.05) is 0 Å². The molecule has 0 bridgehead atoms. The molecule has 1 atom stereocenters. The van der Waals surface area contributed by atoms with Gasteiger partial charge >= 0.3 is 5.97 Å². The summed E-state index contributed by atoms with van der Waals surface area (Å²) in [5.74, 6) is -0.814. The lowest BCUT2D eigenvalue weighted by Gasteiger charge is -2.20. The quantitative estimate of drug-likeness (QED) is 0.332. The van der Waals surface area contributed by atoms with Gasteiger partial charge in [0.15, 0.2) is 0 Å². The Kier molecular flexibility index (Phi) is 8.92. The normalized spacial score (nSPS) is 12.4. The Bertz CT molecular complexity index is 1160. The average molecular weight is 506 g/mol. The highest BCUT2D eigenvalue weighted by Crippen LogP contribution is 2.24. The first kappa shape index (κ1) is 25.2. The Morgan fingerprint density at radius 1 is 0.818 bits per heavy atom. The molecule has 0 spiro atoms. The second-order valence-electron chi connectivity index (χ2n) is 7.78. The minimum atomic E-state index is -3.76. The maximum Gasteiger partial charge on any atom is 0.303 e. The molecule has 3 aromatic carbocycles. The van der Waals surface area contributed by atoms with Gasteiger partial charge in [0, 0.05) is 22.5 Å². The largest absolute Gasteiger partial charge is 0.481 e. The summed E-state index contributed by atoms with van der Waals surface area (Å²) in [4.78, 5) is 10.9. The van der Waals surface area contributed by atoms with Gasteiger partial charge in [-0.1, -0.05) is 59.6 Å². The summed E-state index contributed by atoms with van der Waals surface area (Å²) in [7, 11) is -3.76. The van der Waals surface area contributed by atoms with Crippen molar-refractivity contribution >= 4 is 39.2 Å². The lowest BCUT2D eigenvalue weighted by molar-refractivity contribution is -0.137. The van der Waals surface area contributed by atoms with E-state index >= 15 is 0 Å². The van der Waals surface area contributed by atoms with E-state index in [1.165, 1.54) is 12.1 Å². The molecule has 0 saturated heterocycles. The van der Waals surface area contributed by atoms with Gasteiger partial charge in [-0.25, -0.2) is 13.1 Å². The Morgan fingerprint density at radius 2 is 1.33 bits per heavy atom. The molecule has 0 aliphatic carbocycles. The summed E-state index contributed by atoms with van der Waals surface area (Å²) in [5.41, 5.74) is 2.90. The average Bonchev–Trinajstić information content (AvgIpc) is 2.78. The van der Waals surface area contributed by atoms with Crippen LogP contribution in [-0.2, 0) is 27.7 Å². The standard InChI is InChI=1S/C25H25Cl2NO4S/c26-21-11-6-19(7-12-21)8-17-24(28-33(31,32)23-15-13-22(27)14-16-23)20-9-4-18(5-10-20)2-1-3-25(29)30/h4-7,9-16,24,28H,1-3,8,17H2,(H,29,30). The van der Waals surface area contributed by atoms with E-state index in [0.29, 0.717) is 35.7 Å². The minimum absolute atomic E-state index is 0.117. The van der Waals surface area contributed by atoms with Crippen molar-refractivity contribution in [3.05, 3.63) is 99.5 Å². The van der Waals surface area contributed by atoms with Crippen LogP contribution in [-0.4, -0.2) is 19.5 Å². The fraction of sp³-hybridized carbons (Fsp3) is 0.240. The van der Waals surface area contributed by atoms with Gasteiger partial charge in [0.2, 0.25) is 10.0 Å². The molecular formula is C25H25Cl2NO4S. The minimum Gasteiger partial charge on any atom is -0.481 e. The molecule has 3 aromatic rings. The third-order valence-electron chi connectivity index (χ3n) is 5.29. The smallest absolute Gasteiger partial charge is 0.303 e. The van der Waals surface area contributed by atoms with Crippen LogP contribution in [0.4, 0.5) is 0 Å². The number of carbonyl (C=O) groups is 1. The van der Waals surface area contributed by atoms with Gasteiger partial charge in [-0.15, -0.1) is 0 Å². The van der Waals surface area contributed by atoms with Crippen LogP contribution in [0.5, 0.6) is 0 Å². The van der Waals surface area contributed by atoms with Gasteiger partial charge in [0.25, 0.3) is 0 Å². The molecule has 0 aromatic heterocycles. The summed E-state index contributed by atoms with van der Waals surface area (Å²) in [6.07, 6.45) is 2.53. The lowest BCUT2D eigenvalue weighted by atomic mass is 9.98. The molecule has 5 nitrogen and oxygen atoms in total. The van der Waals surface area contributed by atoms with Gasteiger partial charge in [0.05, 0.1) is 4.90 Å². The Labute approximate surface area is 204 Å². The number of aryl methyl sites for hydroxylation is 2. The summed E-state index contributed by atoms with van der Waals surface area (Å²) in [6.45, 7) is 0. The van der Waals surface area contributed by atoms with Crippen LogP contribution in [0.3, 0.4) is 0 Å². The van der Waals surface area contributed by atoms with Crippen molar-refractivity contribution < 1.29 is 18.3 Å². The van der Waals surface area contributed by atoms with Crippen molar-refractivity contribution in [2.45, 2.75) is 43.0 Å².